The summed E-state index contributed by atoms with van der Waals surface area (Å²) in [6.07, 6.45) is 0.341. The van der Waals surface area contributed by atoms with Gasteiger partial charge in [0.05, 0.1) is 19.8 Å². The highest BCUT2D eigenvalue weighted by atomic mass is 16.5. The minimum atomic E-state index is -0.934. The highest BCUT2D eigenvalue weighted by Gasteiger charge is 2.17. The van der Waals surface area contributed by atoms with Gasteiger partial charge in [0.25, 0.3) is 0 Å². The van der Waals surface area contributed by atoms with Gasteiger partial charge in [0.2, 0.25) is 0 Å². The second-order valence-electron chi connectivity index (χ2n) is 4.62. The molecule has 0 aliphatic rings. The van der Waals surface area contributed by atoms with Gasteiger partial charge in [-0.05, 0) is 25.3 Å². The van der Waals surface area contributed by atoms with Crippen LogP contribution in [-0.4, -0.2) is 43.5 Å². The lowest BCUT2D eigenvalue weighted by molar-refractivity contribution is -0.151. The number of carboxylic acids is 1. The number of benzene rings is 1. The standard InChI is InChI=1S/C15H23NO4/c1-12-2-4-13(5-3-12)6-7-14(15(17)18)20-11-10-19-9-8-16/h2-5,14H,6-11,16H2,1H3,(H,17,18). The molecule has 1 aromatic carbocycles. The van der Waals surface area contributed by atoms with Crippen molar-refractivity contribution in [1.29, 1.82) is 0 Å². The highest BCUT2D eigenvalue weighted by Crippen LogP contribution is 2.09. The Morgan fingerprint density at radius 1 is 1.25 bits per heavy atom. The molecule has 1 rings (SSSR count). The largest absolute Gasteiger partial charge is 0.479 e. The van der Waals surface area contributed by atoms with Crippen molar-refractivity contribution in [3.63, 3.8) is 0 Å². The fourth-order valence-electron chi connectivity index (χ4n) is 1.77. The average Bonchev–Trinajstić information content (AvgIpc) is 2.43. The van der Waals surface area contributed by atoms with Gasteiger partial charge in [-0.15, -0.1) is 0 Å². The molecule has 0 radical (unpaired) electrons. The Morgan fingerprint density at radius 2 is 1.95 bits per heavy atom. The van der Waals surface area contributed by atoms with Crippen LogP contribution in [0.15, 0.2) is 24.3 Å². The average molecular weight is 281 g/mol. The molecule has 112 valence electrons. The quantitative estimate of drug-likeness (QED) is 0.633. The first-order chi connectivity index (χ1) is 9.63. The van der Waals surface area contributed by atoms with E-state index in [0.717, 1.165) is 5.56 Å². The molecule has 1 atom stereocenters. The van der Waals surface area contributed by atoms with Crippen molar-refractivity contribution in [2.24, 2.45) is 5.73 Å². The molecule has 5 nitrogen and oxygen atoms in total. The smallest absolute Gasteiger partial charge is 0.332 e. The molecule has 1 aromatic rings. The second-order valence-corrected chi connectivity index (χ2v) is 4.62. The zero-order valence-corrected chi connectivity index (χ0v) is 11.9. The van der Waals surface area contributed by atoms with Crippen molar-refractivity contribution in [3.8, 4) is 0 Å². The maximum atomic E-state index is 11.1. The van der Waals surface area contributed by atoms with Crippen molar-refractivity contribution in [3.05, 3.63) is 35.4 Å². The number of rotatable bonds is 10. The van der Waals surface area contributed by atoms with Crippen molar-refractivity contribution in [1.82, 2.24) is 0 Å². The van der Waals surface area contributed by atoms with Crippen LogP contribution in [0.2, 0.25) is 0 Å². The summed E-state index contributed by atoms with van der Waals surface area (Å²) in [6, 6.07) is 8.07. The van der Waals surface area contributed by atoms with Gasteiger partial charge in [-0.2, -0.15) is 0 Å². The van der Waals surface area contributed by atoms with Crippen molar-refractivity contribution >= 4 is 5.97 Å². The molecule has 0 aliphatic carbocycles. The minimum Gasteiger partial charge on any atom is -0.479 e. The summed E-state index contributed by atoms with van der Waals surface area (Å²) in [6.45, 7) is 3.57. The third-order valence-corrected chi connectivity index (χ3v) is 2.90. The number of aliphatic carboxylic acids is 1. The lowest BCUT2D eigenvalue weighted by atomic mass is 10.1. The molecule has 0 saturated heterocycles. The van der Waals surface area contributed by atoms with Crippen LogP contribution in [0, 0.1) is 6.92 Å². The highest BCUT2D eigenvalue weighted by molar-refractivity contribution is 5.72. The van der Waals surface area contributed by atoms with Gasteiger partial charge in [-0.25, -0.2) is 4.79 Å². The van der Waals surface area contributed by atoms with Gasteiger partial charge < -0.3 is 20.3 Å². The van der Waals surface area contributed by atoms with Crippen molar-refractivity contribution < 1.29 is 19.4 Å². The Labute approximate surface area is 119 Å². The summed E-state index contributed by atoms with van der Waals surface area (Å²) in [7, 11) is 0. The van der Waals surface area contributed by atoms with E-state index >= 15 is 0 Å². The molecule has 5 heteroatoms. The van der Waals surface area contributed by atoms with Crippen molar-refractivity contribution in [2.45, 2.75) is 25.9 Å². The van der Waals surface area contributed by atoms with E-state index in [1.54, 1.807) is 0 Å². The lowest BCUT2D eigenvalue weighted by Gasteiger charge is -2.13. The fraction of sp³-hybridized carbons (Fsp3) is 0.533. The van der Waals surface area contributed by atoms with Gasteiger partial charge in [0, 0.05) is 6.54 Å². The molecule has 0 saturated carbocycles. The van der Waals surface area contributed by atoms with Gasteiger partial charge in [-0.1, -0.05) is 29.8 Å². The van der Waals surface area contributed by atoms with Crippen LogP contribution in [0.25, 0.3) is 0 Å². The molecule has 0 aromatic heterocycles. The number of carbonyl (C=O) groups is 1. The van der Waals surface area contributed by atoms with Crippen LogP contribution in [0.4, 0.5) is 0 Å². The van der Waals surface area contributed by atoms with Gasteiger partial charge in [0.15, 0.2) is 6.10 Å². The fourth-order valence-corrected chi connectivity index (χ4v) is 1.77. The number of carboxylic acid groups (broad SMARTS) is 1. The second kappa shape index (κ2) is 9.47. The first-order valence-electron chi connectivity index (χ1n) is 6.81. The van der Waals surface area contributed by atoms with E-state index < -0.39 is 12.1 Å². The Morgan fingerprint density at radius 3 is 2.55 bits per heavy atom. The maximum Gasteiger partial charge on any atom is 0.332 e. The van der Waals surface area contributed by atoms with Gasteiger partial charge in [0.1, 0.15) is 0 Å². The first kappa shape index (κ1) is 16.6. The molecule has 0 fully saturated rings. The number of nitrogens with two attached hydrogens (primary N) is 1. The topological polar surface area (TPSA) is 81.8 Å². The SMILES string of the molecule is Cc1ccc(CCC(OCCOCCN)C(=O)O)cc1. The van der Waals surface area contributed by atoms with Crippen LogP contribution < -0.4 is 5.73 Å². The number of ether oxygens (including phenoxy) is 2. The number of hydrogen-bond donors (Lipinski definition) is 2. The zero-order chi connectivity index (χ0) is 14.8. The predicted octanol–water partition coefficient (Wildman–Crippen LogP) is 1.37. The molecule has 0 amide bonds. The van der Waals surface area contributed by atoms with E-state index in [-0.39, 0.29) is 6.61 Å². The molecule has 1 unspecified atom stereocenters. The van der Waals surface area contributed by atoms with Crippen LogP contribution >= 0.6 is 0 Å². The van der Waals surface area contributed by atoms with Crippen LogP contribution in [0.3, 0.4) is 0 Å². The summed E-state index contributed by atoms with van der Waals surface area (Å²) in [5.41, 5.74) is 7.59. The Kier molecular flexibility index (Phi) is 7.87. The first-order valence-corrected chi connectivity index (χ1v) is 6.81. The molecular formula is C15H23NO4. The third-order valence-electron chi connectivity index (χ3n) is 2.90. The van der Waals surface area contributed by atoms with E-state index in [9.17, 15) is 4.79 Å². The molecule has 0 aliphatic heterocycles. The van der Waals surface area contributed by atoms with E-state index in [4.69, 9.17) is 20.3 Å². The van der Waals surface area contributed by atoms with Crippen LogP contribution in [0.5, 0.6) is 0 Å². The lowest BCUT2D eigenvalue weighted by Crippen LogP contribution is -2.26. The van der Waals surface area contributed by atoms with Crippen LogP contribution in [0.1, 0.15) is 17.5 Å². The molecule has 20 heavy (non-hydrogen) atoms. The van der Waals surface area contributed by atoms with Gasteiger partial charge >= 0.3 is 5.97 Å². The maximum absolute atomic E-state index is 11.1. The molecule has 3 N–H and O–H groups in total. The summed E-state index contributed by atoms with van der Waals surface area (Å²) in [5, 5.41) is 9.11. The van der Waals surface area contributed by atoms with E-state index in [1.807, 2.05) is 31.2 Å². The van der Waals surface area contributed by atoms with E-state index in [0.29, 0.717) is 32.6 Å². The normalized spacial score (nSPS) is 12.3. The van der Waals surface area contributed by atoms with E-state index in [1.165, 1.54) is 5.56 Å². The third kappa shape index (κ3) is 6.65. The summed E-state index contributed by atoms with van der Waals surface area (Å²) < 4.78 is 10.5. The van der Waals surface area contributed by atoms with Gasteiger partial charge in [-0.3, -0.25) is 0 Å². The van der Waals surface area contributed by atoms with Crippen molar-refractivity contribution in [2.75, 3.05) is 26.4 Å². The summed E-state index contributed by atoms with van der Waals surface area (Å²) >= 11 is 0. The van der Waals surface area contributed by atoms with E-state index in [2.05, 4.69) is 0 Å². The summed E-state index contributed by atoms with van der Waals surface area (Å²) in [4.78, 5) is 11.1. The number of hydrogen-bond acceptors (Lipinski definition) is 4. The monoisotopic (exact) mass is 281 g/mol. The molecule has 0 spiro atoms. The Bertz CT molecular complexity index is 391. The van der Waals surface area contributed by atoms with Crippen LogP contribution in [-0.2, 0) is 20.7 Å². The molecular weight excluding hydrogens is 258 g/mol. The number of aryl methyl sites for hydroxylation is 2. The predicted molar refractivity (Wildman–Crippen MR) is 76.7 cm³/mol. The zero-order valence-electron chi connectivity index (χ0n) is 11.9. The Balaban J connectivity index is 2.31. The molecule has 0 heterocycles. The molecule has 0 bridgehead atoms. The Hall–Kier alpha value is -1.43. The minimum absolute atomic E-state index is 0.269. The summed E-state index contributed by atoms with van der Waals surface area (Å²) in [5.74, 6) is -0.934.